The van der Waals surface area contributed by atoms with Crippen molar-refractivity contribution in [3.8, 4) is 0 Å². The first-order valence-electron chi connectivity index (χ1n) is 5.56. The Morgan fingerprint density at radius 1 is 1.29 bits per heavy atom. The molecule has 0 fully saturated rings. The minimum absolute atomic E-state index is 0.295. The molecule has 1 unspecified atom stereocenters. The Labute approximate surface area is 87.1 Å². The molecular formula is C11H23NO2. The molecule has 0 amide bonds. The lowest BCUT2D eigenvalue weighted by atomic mass is 10.1. The molecule has 3 nitrogen and oxygen atoms in total. The van der Waals surface area contributed by atoms with E-state index < -0.39 is 5.97 Å². The van der Waals surface area contributed by atoms with Crippen LogP contribution >= 0.6 is 0 Å². The highest BCUT2D eigenvalue weighted by atomic mass is 16.4. The lowest BCUT2D eigenvalue weighted by Gasteiger charge is -2.23. The van der Waals surface area contributed by atoms with Crippen LogP contribution in [0.2, 0.25) is 0 Å². The summed E-state index contributed by atoms with van der Waals surface area (Å²) in [6.45, 7) is 5.07. The fourth-order valence-corrected chi connectivity index (χ4v) is 1.57. The molecule has 0 bridgehead atoms. The molecule has 0 aliphatic carbocycles. The minimum Gasteiger partial charge on any atom is -0.480 e. The van der Waals surface area contributed by atoms with Crippen LogP contribution in [0.25, 0.3) is 0 Å². The highest BCUT2D eigenvalue weighted by Gasteiger charge is 2.20. The van der Waals surface area contributed by atoms with Gasteiger partial charge in [-0.15, -0.1) is 0 Å². The average Bonchev–Trinajstić information content (AvgIpc) is 2.13. The number of nitrogens with zero attached hydrogens (tertiary/aromatic N) is 1. The van der Waals surface area contributed by atoms with Gasteiger partial charge in [0.05, 0.1) is 0 Å². The molecule has 0 saturated carbocycles. The van der Waals surface area contributed by atoms with Gasteiger partial charge in [-0.2, -0.15) is 0 Å². The van der Waals surface area contributed by atoms with Gasteiger partial charge in [0.2, 0.25) is 0 Å². The van der Waals surface area contributed by atoms with Gasteiger partial charge >= 0.3 is 5.97 Å². The number of likely N-dealkylation sites (N-methyl/N-ethyl adjacent to an activating group) is 1. The SMILES string of the molecule is CCCCCN(C)C(CCC)C(=O)O. The average molecular weight is 201 g/mol. The number of carbonyl (C=O) groups is 1. The van der Waals surface area contributed by atoms with Crippen LogP contribution in [0.5, 0.6) is 0 Å². The van der Waals surface area contributed by atoms with Crippen molar-refractivity contribution in [3.63, 3.8) is 0 Å². The lowest BCUT2D eigenvalue weighted by Crippen LogP contribution is -2.38. The van der Waals surface area contributed by atoms with Crippen molar-refractivity contribution in [1.82, 2.24) is 4.90 Å². The van der Waals surface area contributed by atoms with Crippen LogP contribution in [0.1, 0.15) is 46.0 Å². The Hall–Kier alpha value is -0.570. The molecule has 0 saturated heterocycles. The first kappa shape index (κ1) is 13.4. The Kier molecular flexibility index (Phi) is 7.48. The van der Waals surface area contributed by atoms with E-state index in [1.54, 1.807) is 0 Å². The molecule has 0 heterocycles. The van der Waals surface area contributed by atoms with Crippen LogP contribution in [0, 0.1) is 0 Å². The first-order valence-corrected chi connectivity index (χ1v) is 5.56. The number of carboxylic acid groups (broad SMARTS) is 1. The summed E-state index contributed by atoms with van der Waals surface area (Å²) >= 11 is 0. The Morgan fingerprint density at radius 2 is 1.93 bits per heavy atom. The summed E-state index contributed by atoms with van der Waals surface area (Å²) in [6, 6.07) is -0.295. The van der Waals surface area contributed by atoms with Gasteiger partial charge < -0.3 is 5.11 Å². The molecule has 0 aliphatic rings. The highest BCUT2D eigenvalue weighted by Crippen LogP contribution is 2.07. The largest absolute Gasteiger partial charge is 0.480 e. The van der Waals surface area contributed by atoms with Crippen molar-refractivity contribution in [3.05, 3.63) is 0 Å². The van der Waals surface area contributed by atoms with Crippen molar-refractivity contribution >= 4 is 5.97 Å². The van der Waals surface area contributed by atoms with Crippen molar-refractivity contribution in [2.24, 2.45) is 0 Å². The standard InChI is InChI=1S/C11H23NO2/c1-4-6-7-9-12(3)10(8-5-2)11(13)14/h10H,4-9H2,1-3H3,(H,13,14). The van der Waals surface area contributed by atoms with E-state index in [-0.39, 0.29) is 6.04 Å². The second kappa shape index (κ2) is 7.80. The fourth-order valence-electron chi connectivity index (χ4n) is 1.57. The molecule has 0 aromatic rings. The van der Waals surface area contributed by atoms with E-state index in [2.05, 4.69) is 6.92 Å². The van der Waals surface area contributed by atoms with E-state index in [1.165, 1.54) is 12.8 Å². The Morgan fingerprint density at radius 3 is 2.36 bits per heavy atom. The van der Waals surface area contributed by atoms with Crippen LogP contribution in [-0.4, -0.2) is 35.6 Å². The molecule has 0 radical (unpaired) electrons. The van der Waals surface area contributed by atoms with E-state index >= 15 is 0 Å². The summed E-state index contributed by atoms with van der Waals surface area (Å²) in [5.74, 6) is -0.689. The lowest BCUT2D eigenvalue weighted by molar-refractivity contribution is -0.143. The summed E-state index contributed by atoms with van der Waals surface area (Å²) in [7, 11) is 1.91. The maximum absolute atomic E-state index is 10.9. The molecule has 1 N–H and O–H groups in total. The minimum atomic E-state index is -0.689. The molecule has 0 aliphatic heterocycles. The number of rotatable bonds is 8. The van der Waals surface area contributed by atoms with Gasteiger partial charge in [0.15, 0.2) is 0 Å². The van der Waals surface area contributed by atoms with E-state index in [9.17, 15) is 4.79 Å². The number of aliphatic carboxylic acids is 1. The molecule has 0 spiro atoms. The van der Waals surface area contributed by atoms with Crippen molar-refractivity contribution in [1.29, 1.82) is 0 Å². The van der Waals surface area contributed by atoms with Gasteiger partial charge in [-0.3, -0.25) is 9.69 Å². The van der Waals surface area contributed by atoms with E-state index in [0.717, 1.165) is 25.8 Å². The molecule has 14 heavy (non-hydrogen) atoms. The van der Waals surface area contributed by atoms with Crippen LogP contribution < -0.4 is 0 Å². The van der Waals surface area contributed by atoms with Crippen LogP contribution in [0.15, 0.2) is 0 Å². The predicted octanol–water partition coefficient (Wildman–Crippen LogP) is 2.36. The number of carboxylic acids is 1. The third-order valence-electron chi connectivity index (χ3n) is 2.49. The van der Waals surface area contributed by atoms with Crippen molar-refractivity contribution in [2.75, 3.05) is 13.6 Å². The zero-order chi connectivity index (χ0) is 11.0. The highest BCUT2D eigenvalue weighted by molar-refractivity contribution is 5.73. The van der Waals surface area contributed by atoms with Crippen LogP contribution in [0.4, 0.5) is 0 Å². The second-order valence-corrected chi connectivity index (χ2v) is 3.83. The van der Waals surface area contributed by atoms with Crippen LogP contribution in [-0.2, 0) is 4.79 Å². The van der Waals surface area contributed by atoms with Gasteiger partial charge in [-0.1, -0.05) is 33.1 Å². The summed E-state index contributed by atoms with van der Waals surface area (Å²) in [5.41, 5.74) is 0. The van der Waals surface area contributed by atoms with Gasteiger partial charge in [-0.05, 0) is 26.4 Å². The number of hydrogen-bond donors (Lipinski definition) is 1. The third-order valence-corrected chi connectivity index (χ3v) is 2.49. The van der Waals surface area contributed by atoms with E-state index in [4.69, 9.17) is 5.11 Å². The summed E-state index contributed by atoms with van der Waals surface area (Å²) in [5, 5.41) is 8.99. The van der Waals surface area contributed by atoms with Gasteiger partial charge in [0, 0.05) is 0 Å². The first-order chi connectivity index (χ1) is 6.63. The maximum atomic E-state index is 10.9. The normalized spacial score (nSPS) is 13.1. The van der Waals surface area contributed by atoms with Gasteiger partial charge in [0.1, 0.15) is 6.04 Å². The maximum Gasteiger partial charge on any atom is 0.320 e. The molecular weight excluding hydrogens is 178 g/mol. The monoisotopic (exact) mass is 201 g/mol. The quantitative estimate of drug-likeness (QED) is 0.613. The zero-order valence-corrected chi connectivity index (χ0v) is 9.62. The van der Waals surface area contributed by atoms with E-state index in [1.807, 2.05) is 18.9 Å². The number of hydrogen-bond acceptors (Lipinski definition) is 2. The van der Waals surface area contributed by atoms with E-state index in [0.29, 0.717) is 0 Å². The van der Waals surface area contributed by atoms with Crippen molar-refractivity contribution < 1.29 is 9.90 Å². The summed E-state index contributed by atoms with van der Waals surface area (Å²) in [4.78, 5) is 12.9. The summed E-state index contributed by atoms with van der Waals surface area (Å²) < 4.78 is 0. The van der Waals surface area contributed by atoms with Gasteiger partial charge in [-0.25, -0.2) is 0 Å². The molecule has 0 aromatic carbocycles. The Balaban J connectivity index is 3.88. The van der Waals surface area contributed by atoms with Gasteiger partial charge in [0.25, 0.3) is 0 Å². The Bertz CT molecular complexity index is 159. The third kappa shape index (κ3) is 5.22. The second-order valence-electron chi connectivity index (χ2n) is 3.83. The number of unbranched alkanes of at least 4 members (excludes halogenated alkanes) is 2. The smallest absolute Gasteiger partial charge is 0.320 e. The molecule has 1 atom stereocenters. The topological polar surface area (TPSA) is 40.5 Å². The zero-order valence-electron chi connectivity index (χ0n) is 9.62. The van der Waals surface area contributed by atoms with Crippen LogP contribution in [0.3, 0.4) is 0 Å². The molecule has 84 valence electrons. The fraction of sp³-hybridized carbons (Fsp3) is 0.909. The molecule has 0 rings (SSSR count). The summed E-state index contributed by atoms with van der Waals surface area (Å²) in [6.07, 6.45) is 5.13. The molecule has 3 heteroatoms. The predicted molar refractivity (Wildman–Crippen MR) is 58.5 cm³/mol. The van der Waals surface area contributed by atoms with Crippen molar-refractivity contribution in [2.45, 2.75) is 52.0 Å². The molecule has 0 aromatic heterocycles.